The number of pyridine rings is 1. The molecule has 0 bridgehead atoms. The van der Waals surface area contributed by atoms with Crippen molar-refractivity contribution < 1.29 is 5.11 Å². The van der Waals surface area contributed by atoms with Gasteiger partial charge in [0.15, 0.2) is 0 Å². The van der Waals surface area contributed by atoms with E-state index >= 15 is 0 Å². The van der Waals surface area contributed by atoms with Gasteiger partial charge in [0.25, 0.3) is 0 Å². The lowest BCUT2D eigenvalue weighted by Crippen LogP contribution is -2.22. The van der Waals surface area contributed by atoms with E-state index in [4.69, 9.17) is 0 Å². The maximum Gasteiger partial charge on any atom is 0.128 e. The molecule has 0 spiro atoms. The van der Waals surface area contributed by atoms with Crippen LogP contribution < -0.4 is 4.90 Å². The van der Waals surface area contributed by atoms with Gasteiger partial charge >= 0.3 is 0 Å². The van der Waals surface area contributed by atoms with E-state index in [2.05, 4.69) is 30.8 Å². The maximum atomic E-state index is 9.25. The molecule has 0 aromatic carbocycles. The molecular formula is C14H22N2O. The van der Waals surface area contributed by atoms with Gasteiger partial charge in [0.1, 0.15) is 5.82 Å². The Hall–Kier alpha value is -1.09. The van der Waals surface area contributed by atoms with E-state index in [0.29, 0.717) is 0 Å². The predicted molar refractivity (Wildman–Crippen MR) is 70.1 cm³/mol. The van der Waals surface area contributed by atoms with Crippen LogP contribution in [0, 0.1) is 11.8 Å². The van der Waals surface area contributed by atoms with Gasteiger partial charge < -0.3 is 10.0 Å². The second kappa shape index (κ2) is 5.05. The summed E-state index contributed by atoms with van der Waals surface area (Å²) >= 11 is 0. The first-order chi connectivity index (χ1) is 8.13. The summed E-state index contributed by atoms with van der Waals surface area (Å²) in [5.41, 5.74) is 2.02. The molecule has 2 rings (SSSR count). The molecule has 0 radical (unpaired) electrons. The highest BCUT2D eigenvalue weighted by atomic mass is 16.3. The maximum absolute atomic E-state index is 9.25. The number of hydrogen-bond acceptors (Lipinski definition) is 3. The molecule has 0 amide bonds. The molecule has 1 N–H and O–H groups in total. The Labute approximate surface area is 103 Å². The van der Waals surface area contributed by atoms with Crippen LogP contribution in [0.5, 0.6) is 0 Å². The Kier molecular flexibility index (Phi) is 3.67. The lowest BCUT2D eigenvalue weighted by Gasteiger charge is -2.19. The minimum Gasteiger partial charge on any atom is -0.392 e. The zero-order valence-corrected chi connectivity index (χ0v) is 11.0. The third-order valence-corrected chi connectivity index (χ3v) is 3.65. The first kappa shape index (κ1) is 12.4. The molecule has 1 saturated carbocycles. The minimum atomic E-state index is 0.0934. The first-order valence-corrected chi connectivity index (χ1v) is 6.45. The molecule has 1 fully saturated rings. The molecule has 1 aromatic heterocycles. The number of aryl methyl sites for hydroxylation is 1. The van der Waals surface area contributed by atoms with Crippen LogP contribution >= 0.6 is 0 Å². The number of aromatic nitrogens is 1. The second-order valence-electron chi connectivity index (χ2n) is 5.19. The van der Waals surface area contributed by atoms with E-state index in [1.165, 1.54) is 6.42 Å². The summed E-state index contributed by atoms with van der Waals surface area (Å²) in [5.74, 6) is 2.68. The van der Waals surface area contributed by atoms with Gasteiger partial charge in [-0.25, -0.2) is 4.98 Å². The zero-order valence-electron chi connectivity index (χ0n) is 11.0. The lowest BCUT2D eigenvalue weighted by atomic mass is 10.2. The second-order valence-corrected chi connectivity index (χ2v) is 5.19. The smallest absolute Gasteiger partial charge is 0.128 e. The number of rotatable bonds is 5. The Morgan fingerprint density at radius 1 is 1.47 bits per heavy atom. The molecule has 1 aromatic rings. The summed E-state index contributed by atoms with van der Waals surface area (Å²) in [5, 5.41) is 9.25. The standard InChI is InChI=1S/C14H22N2O/c1-4-13-6-11(9-17)7-14(15-13)16(3)8-12-5-10(12)2/h6-7,10,12,17H,4-5,8-9H2,1-3H3. The molecule has 3 nitrogen and oxygen atoms in total. The van der Waals surface area contributed by atoms with E-state index in [1.54, 1.807) is 0 Å². The number of hydrogen-bond donors (Lipinski definition) is 1. The topological polar surface area (TPSA) is 36.4 Å². The van der Waals surface area contributed by atoms with Crippen LogP contribution in [0.2, 0.25) is 0 Å². The predicted octanol–water partition coefficient (Wildman–Crippen LogP) is 2.23. The van der Waals surface area contributed by atoms with Crippen molar-refractivity contribution in [3.8, 4) is 0 Å². The molecular weight excluding hydrogens is 212 g/mol. The molecule has 0 saturated heterocycles. The number of aliphatic hydroxyl groups excluding tert-OH is 1. The minimum absolute atomic E-state index is 0.0934. The van der Waals surface area contributed by atoms with Gasteiger partial charge in [-0.15, -0.1) is 0 Å². The first-order valence-electron chi connectivity index (χ1n) is 6.45. The molecule has 1 aliphatic carbocycles. The number of aliphatic hydroxyl groups is 1. The van der Waals surface area contributed by atoms with Gasteiger partial charge in [-0.1, -0.05) is 13.8 Å². The Bertz CT molecular complexity index is 370. The fourth-order valence-electron chi connectivity index (χ4n) is 2.20. The lowest BCUT2D eigenvalue weighted by molar-refractivity contribution is 0.281. The average molecular weight is 234 g/mol. The molecule has 94 valence electrons. The molecule has 2 atom stereocenters. The van der Waals surface area contributed by atoms with Gasteiger partial charge in [0, 0.05) is 19.3 Å². The highest BCUT2D eigenvalue weighted by Crippen LogP contribution is 2.38. The quantitative estimate of drug-likeness (QED) is 0.848. The van der Waals surface area contributed by atoms with Crippen molar-refractivity contribution in [1.29, 1.82) is 0 Å². The van der Waals surface area contributed by atoms with Crippen LogP contribution in [0.15, 0.2) is 12.1 Å². The molecule has 0 aliphatic heterocycles. The Morgan fingerprint density at radius 2 is 2.18 bits per heavy atom. The van der Waals surface area contributed by atoms with E-state index in [-0.39, 0.29) is 6.61 Å². The van der Waals surface area contributed by atoms with Crippen LogP contribution in [0.4, 0.5) is 5.82 Å². The summed E-state index contributed by atoms with van der Waals surface area (Å²) in [4.78, 5) is 6.84. The van der Waals surface area contributed by atoms with E-state index < -0.39 is 0 Å². The third-order valence-electron chi connectivity index (χ3n) is 3.65. The van der Waals surface area contributed by atoms with Crippen LogP contribution in [0.3, 0.4) is 0 Å². The van der Waals surface area contributed by atoms with Crippen molar-refractivity contribution in [2.45, 2.75) is 33.3 Å². The van der Waals surface area contributed by atoms with Crippen LogP contribution in [-0.2, 0) is 13.0 Å². The fraction of sp³-hybridized carbons (Fsp3) is 0.643. The SMILES string of the molecule is CCc1cc(CO)cc(N(C)CC2CC2C)n1. The van der Waals surface area contributed by atoms with E-state index in [1.807, 2.05) is 12.1 Å². The summed E-state index contributed by atoms with van der Waals surface area (Å²) < 4.78 is 0. The Balaban J connectivity index is 2.12. The zero-order chi connectivity index (χ0) is 12.4. The number of anilines is 1. The number of nitrogens with zero attached hydrogens (tertiary/aromatic N) is 2. The third kappa shape index (κ3) is 2.97. The van der Waals surface area contributed by atoms with Crippen molar-refractivity contribution >= 4 is 5.82 Å². The molecule has 1 heterocycles. The van der Waals surface area contributed by atoms with Crippen LogP contribution in [0.25, 0.3) is 0 Å². The largest absolute Gasteiger partial charge is 0.392 e. The van der Waals surface area contributed by atoms with Crippen LogP contribution in [-0.4, -0.2) is 23.7 Å². The molecule has 2 unspecified atom stereocenters. The van der Waals surface area contributed by atoms with Crippen molar-refractivity contribution in [2.24, 2.45) is 11.8 Å². The van der Waals surface area contributed by atoms with Gasteiger partial charge in [0.05, 0.1) is 6.61 Å². The normalized spacial score (nSPS) is 22.6. The van der Waals surface area contributed by atoms with Gasteiger partial charge in [-0.05, 0) is 42.4 Å². The van der Waals surface area contributed by atoms with Gasteiger partial charge in [-0.2, -0.15) is 0 Å². The van der Waals surface area contributed by atoms with Gasteiger partial charge in [0.2, 0.25) is 0 Å². The summed E-state index contributed by atoms with van der Waals surface area (Å²) in [6, 6.07) is 3.98. The average Bonchev–Trinajstić information content (AvgIpc) is 3.04. The van der Waals surface area contributed by atoms with Crippen molar-refractivity contribution in [2.75, 3.05) is 18.5 Å². The molecule has 1 aliphatic rings. The summed E-state index contributed by atoms with van der Waals surface area (Å²) in [6.07, 6.45) is 2.25. The van der Waals surface area contributed by atoms with Gasteiger partial charge in [-0.3, -0.25) is 0 Å². The summed E-state index contributed by atoms with van der Waals surface area (Å²) in [7, 11) is 2.09. The monoisotopic (exact) mass is 234 g/mol. The molecule has 17 heavy (non-hydrogen) atoms. The van der Waals surface area contributed by atoms with E-state index in [9.17, 15) is 5.11 Å². The highest BCUT2D eigenvalue weighted by molar-refractivity contribution is 5.42. The van der Waals surface area contributed by atoms with E-state index in [0.717, 1.165) is 41.9 Å². The highest BCUT2D eigenvalue weighted by Gasteiger charge is 2.33. The summed E-state index contributed by atoms with van der Waals surface area (Å²) in [6.45, 7) is 5.56. The fourth-order valence-corrected chi connectivity index (χ4v) is 2.20. The van der Waals surface area contributed by atoms with Crippen molar-refractivity contribution in [1.82, 2.24) is 4.98 Å². The van der Waals surface area contributed by atoms with Crippen LogP contribution in [0.1, 0.15) is 31.5 Å². The Morgan fingerprint density at radius 3 is 2.71 bits per heavy atom. The molecule has 3 heteroatoms. The van der Waals surface area contributed by atoms with Crippen molar-refractivity contribution in [3.05, 3.63) is 23.4 Å². The van der Waals surface area contributed by atoms with Crippen molar-refractivity contribution in [3.63, 3.8) is 0 Å².